The molecular weight excluding hydrogens is 302 g/mol. The van der Waals surface area contributed by atoms with Gasteiger partial charge in [-0.15, -0.1) is 0 Å². The van der Waals surface area contributed by atoms with E-state index in [1.807, 2.05) is 6.07 Å². The van der Waals surface area contributed by atoms with E-state index in [0.29, 0.717) is 5.02 Å². The summed E-state index contributed by atoms with van der Waals surface area (Å²) in [6, 6.07) is 1.92. The van der Waals surface area contributed by atoms with Crippen LogP contribution in [0.3, 0.4) is 0 Å². The fraction of sp³-hybridized carbons (Fsp3) is 0.375. The lowest BCUT2D eigenvalue weighted by atomic mass is 10.4. The van der Waals surface area contributed by atoms with Gasteiger partial charge in [0.1, 0.15) is 0 Å². The van der Waals surface area contributed by atoms with Crippen LogP contribution in [0.5, 0.6) is 0 Å². The topological polar surface area (TPSA) is 25.4 Å². The van der Waals surface area contributed by atoms with Crippen molar-refractivity contribution < 1.29 is 4.84 Å². The van der Waals surface area contributed by atoms with Gasteiger partial charge >= 0.3 is 0 Å². The smallest absolute Gasteiger partial charge is 0.153 e. The van der Waals surface area contributed by atoms with E-state index < -0.39 is 0 Å². The Hall–Kier alpha value is -0.0700. The average Bonchev–Trinajstić information content (AvgIpc) is 2.62. The summed E-state index contributed by atoms with van der Waals surface area (Å²) in [6.45, 7) is 1.69. The standard InChI is InChI=1S/C8H8ClIN2O/c9-6-5-11-8(4-7(6)10)12-2-1-3-13-12/h4-5H,1-3H2. The largest absolute Gasteiger partial charge is 0.272 e. The summed E-state index contributed by atoms with van der Waals surface area (Å²) in [6.07, 6.45) is 2.71. The lowest BCUT2D eigenvalue weighted by molar-refractivity contribution is 0.166. The van der Waals surface area contributed by atoms with Crippen LogP contribution in [0.25, 0.3) is 0 Å². The monoisotopic (exact) mass is 310 g/mol. The minimum absolute atomic E-state index is 0.684. The predicted molar refractivity (Wildman–Crippen MR) is 59.9 cm³/mol. The molecule has 0 bridgehead atoms. The molecule has 3 nitrogen and oxygen atoms in total. The average molecular weight is 311 g/mol. The summed E-state index contributed by atoms with van der Waals surface area (Å²) >= 11 is 8.04. The van der Waals surface area contributed by atoms with Crippen molar-refractivity contribution in [2.45, 2.75) is 6.42 Å². The van der Waals surface area contributed by atoms with Crippen molar-refractivity contribution >= 4 is 40.0 Å². The predicted octanol–water partition coefficient (Wildman–Crippen LogP) is 2.48. The van der Waals surface area contributed by atoms with Gasteiger partial charge in [0.05, 0.1) is 11.6 Å². The third-order valence-electron chi connectivity index (χ3n) is 1.80. The first-order valence-electron chi connectivity index (χ1n) is 3.99. The van der Waals surface area contributed by atoms with Crippen LogP contribution in [0.2, 0.25) is 5.02 Å². The highest BCUT2D eigenvalue weighted by Crippen LogP contribution is 2.23. The van der Waals surface area contributed by atoms with Crippen LogP contribution in [0, 0.1) is 3.57 Å². The summed E-state index contributed by atoms with van der Waals surface area (Å²) in [5.41, 5.74) is 0. The van der Waals surface area contributed by atoms with Crippen LogP contribution in [0.15, 0.2) is 12.3 Å². The quantitative estimate of drug-likeness (QED) is 0.745. The third-order valence-corrected chi connectivity index (χ3v) is 3.31. The molecule has 0 amide bonds. The molecule has 0 saturated carbocycles. The first kappa shape index (κ1) is 9.48. The highest BCUT2D eigenvalue weighted by atomic mass is 127. The van der Waals surface area contributed by atoms with E-state index in [-0.39, 0.29) is 0 Å². The van der Waals surface area contributed by atoms with Crippen molar-refractivity contribution in [3.63, 3.8) is 0 Å². The van der Waals surface area contributed by atoms with Gasteiger partial charge in [0.25, 0.3) is 0 Å². The van der Waals surface area contributed by atoms with Gasteiger partial charge in [0.2, 0.25) is 0 Å². The Bertz CT molecular complexity index is 315. The van der Waals surface area contributed by atoms with Gasteiger partial charge < -0.3 is 0 Å². The van der Waals surface area contributed by atoms with E-state index in [1.165, 1.54) is 0 Å². The molecule has 1 fully saturated rings. The number of hydrogen-bond donors (Lipinski definition) is 0. The SMILES string of the molecule is Clc1cnc(N2CCCO2)cc1I. The molecule has 0 unspecified atom stereocenters. The molecule has 1 aliphatic rings. The van der Waals surface area contributed by atoms with Crippen molar-refractivity contribution in [3.05, 3.63) is 20.9 Å². The first-order valence-corrected chi connectivity index (χ1v) is 5.44. The normalized spacial score (nSPS) is 16.6. The highest BCUT2D eigenvalue weighted by Gasteiger charge is 2.15. The van der Waals surface area contributed by atoms with Crippen LogP contribution < -0.4 is 5.06 Å². The minimum Gasteiger partial charge on any atom is -0.272 e. The molecule has 1 aromatic rings. The summed E-state index contributed by atoms with van der Waals surface area (Å²) in [7, 11) is 0. The van der Waals surface area contributed by atoms with E-state index in [9.17, 15) is 0 Å². The van der Waals surface area contributed by atoms with Gasteiger partial charge in [-0.2, -0.15) is 0 Å². The zero-order valence-corrected chi connectivity index (χ0v) is 9.75. The van der Waals surface area contributed by atoms with Gasteiger partial charge in [-0.25, -0.2) is 10.0 Å². The first-order chi connectivity index (χ1) is 6.27. The number of aromatic nitrogens is 1. The molecule has 0 aromatic carbocycles. The zero-order chi connectivity index (χ0) is 9.26. The van der Waals surface area contributed by atoms with Crippen molar-refractivity contribution in [2.75, 3.05) is 18.2 Å². The fourth-order valence-corrected chi connectivity index (χ4v) is 1.69. The number of hydroxylamine groups is 1. The zero-order valence-electron chi connectivity index (χ0n) is 6.83. The van der Waals surface area contributed by atoms with Crippen LogP contribution in [-0.2, 0) is 4.84 Å². The maximum absolute atomic E-state index is 5.86. The third kappa shape index (κ3) is 2.05. The molecule has 70 valence electrons. The molecule has 0 atom stereocenters. The molecular formula is C8H8ClIN2O. The van der Waals surface area contributed by atoms with Crippen molar-refractivity contribution in [3.8, 4) is 0 Å². The van der Waals surface area contributed by atoms with E-state index in [2.05, 4.69) is 27.6 Å². The van der Waals surface area contributed by atoms with Gasteiger partial charge in [0, 0.05) is 16.3 Å². The molecule has 1 aliphatic heterocycles. The van der Waals surface area contributed by atoms with E-state index in [0.717, 1.165) is 29.0 Å². The van der Waals surface area contributed by atoms with E-state index >= 15 is 0 Å². The van der Waals surface area contributed by atoms with E-state index in [4.69, 9.17) is 16.4 Å². The van der Waals surface area contributed by atoms with Gasteiger partial charge in [0.15, 0.2) is 5.82 Å². The Kier molecular flexibility index (Phi) is 2.90. The summed E-state index contributed by atoms with van der Waals surface area (Å²) < 4.78 is 1.000. The van der Waals surface area contributed by atoms with Crippen molar-refractivity contribution in [1.29, 1.82) is 0 Å². The van der Waals surface area contributed by atoms with Crippen molar-refractivity contribution in [1.82, 2.24) is 4.98 Å². The molecule has 2 rings (SSSR count). The maximum atomic E-state index is 5.86. The van der Waals surface area contributed by atoms with Crippen LogP contribution >= 0.6 is 34.2 Å². The summed E-state index contributed by atoms with van der Waals surface area (Å²) in [4.78, 5) is 9.54. The van der Waals surface area contributed by atoms with E-state index in [1.54, 1.807) is 11.3 Å². The molecule has 0 radical (unpaired) electrons. The number of rotatable bonds is 1. The second kappa shape index (κ2) is 3.98. The van der Waals surface area contributed by atoms with Crippen LogP contribution in [-0.4, -0.2) is 18.1 Å². The number of anilines is 1. The van der Waals surface area contributed by atoms with Crippen LogP contribution in [0.4, 0.5) is 5.82 Å². The van der Waals surface area contributed by atoms with Crippen molar-refractivity contribution in [2.24, 2.45) is 0 Å². The molecule has 0 spiro atoms. The molecule has 5 heteroatoms. The number of nitrogens with zero attached hydrogens (tertiary/aromatic N) is 2. The molecule has 2 heterocycles. The lowest BCUT2D eigenvalue weighted by Crippen LogP contribution is -2.17. The van der Waals surface area contributed by atoms with Gasteiger partial charge in [-0.1, -0.05) is 11.6 Å². The maximum Gasteiger partial charge on any atom is 0.153 e. The lowest BCUT2D eigenvalue weighted by Gasteiger charge is -2.14. The highest BCUT2D eigenvalue weighted by molar-refractivity contribution is 14.1. The number of halogens is 2. The molecule has 1 saturated heterocycles. The second-order valence-electron chi connectivity index (χ2n) is 2.75. The number of pyridine rings is 1. The van der Waals surface area contributed by atoms with Gasteiger partial charge in [-0.3, -0.25) is 4.84 Å². The summed E-state index contributed by atoms with van der Waals surface area (Å²) in [5.74, 6) is 0.839. The Morgan fingerprint density at radius 3 is 3.08 bits per heavy atom. The Labute approximate surface area is 95.1 Å². The molecule has 13 heavy (non-hydrogen) atoms. The van der Waals surface area contributed by atoms with Crippen LogP contribution in [0.1, 0.15) is 6.42 Å². The minimum atomic E-state index is 0.684. The Morgan fingerprint density at radius 2 is 2.46 bits per heavy atom. The summed E-state index contributed by atoms with van der Waals surface area (Å²) in [5, 5.41) is 2.49. The fourth-order valence-electron chi connectivity index (χ4n) is 1.17. The van der Waals surface area contributed by atoms with Gasteiger partial charge in [-0.05, 0) is 35.1 Å². The molecule has 0 N–H and O–H groups in total. The molecule has 1 aromatic heterocycles. The molecule has 0 aliphatic carbocycles. The number of hydrogen-bond acceptors (Lipinski definition) is 3. The Balaban J connectivity index is 2.25. The second-order valence-corrected chi connectivity index (χ2v) is 4.31. The Morgan fingerprint density at radius 1 is 1.62 bits per heavy atom.